The minimum atomic E-state index is -3.01. The van der Waals surface area contributed by atoms with Crippen LogP contribution in [0.25, 0.3) is 0 Å². The van der Waals surface area contributed by atoms with Gasteiger partial charge in [0, 0.05) is 17.8 Å². The number of amides is 2. The Labute approximate surface area is 168 Å². The highest BCUT2D eigenvalue weighted by atomic mass is 19.3. The van der Waals surface area contributed by atoms with Crippen LogP contribution >= 0.6 is 0 Å². The molecule has 6 nitrogen and oxygen atoms in total. The van der Waals surface area contributed by atoms with Crippen LogP contribution < -0.4 is 14.8 Å². The standard InChI is InChI=1S/C21H24F2N2O4/c1-4-12-25(14(2)19(26)24-16-8-6-5-7-9-16)20(27)15-10-11-17(29-21(22)23)18(13-15)28-3/h5-11,13-14,21H,4,12H2,1-3H3,(H,24,26). The van der Waals surface area contributed by atoms with Gasteiger partial charge in [0.25, 0.3) is 5.91 Å². The first-order valence-corrected chi connectivity index (χ1v) is 9.17. The fourth-order valence-corrected chi connectivity index (χ4v) is 2.78. The van der Waals surface area contributed by atoms with Crippen molar-refractivity contribution in [3.8, 4) is 11.5 Å². The lowest BCUT2D eigenvalue weighted by molar-refractivity contribution is -0.120. The van der Waals surface area contributed by atoms with Gasteiger partial charge in [-0.25, -0.2) is 0 Å². The molecule has 0 aliphatic carbocycles. The Morgan fingerprint density at radius 1 is 1.10 bits per heavy atom. The summed E-state index contributed by atoms with van der Waals surface area (Å²) < 4.78 is 34.4. The second-order valence-corrected chi connectivity index (χ2v) is 6.27. The Hall–Kier alpha value is -3.16. The third kappa shape index (κ3) is 5.91. The van der Waals surface area contributed by atoms with E-state index in [1.54, 1.807) is 31.2 Å². The van der Waals surface area contributed by atoms with Crippen LogP contribution in [0.2, 0.25) is 0 Å². The predicted molar refractivity (Wildman–Crippen MR) is 105 cm³/mol. The molecule has 0 aromatic heterocycles. The van der Waals surface area contributed by atoms with Gasteiger partial charge in [0.15, 0.2) is 11.5 Å². The second kappa shape index (κ2) is 10.4. The highest BCUT2D eigenvalue weighted by Crippen LogP contribution is 2.30. The average Bonchev–Trinajstić information content (AvgIpc) is 2.71. The molecule has 29 heavy (non-hydrogen) atoms. The number of nitrogens with one attached hydrogen (secondary N) is 1. The molecule has 2 amide bonds. The van der Waals surface area contributed by atoms with Gasteiger partial charge >= 0.3 is 6.61 Å². The predicted octanol–water partition coefficient (Wildman–Crippen LogP) is 4.18. The normalized spacial score (nSPS) is 11.7. The number of carbonyl (C=O) groups is 2. The molecule has 0 saturated heterocycles. The first kappa shape index (κ1) is 22.1. The smallest absolute Gasteiger partial charge is 0.387 e. The Kier molecular flexibility index (Phi) is 7.94. The summed E-state index contributed by atoms with van der Waals surface area (Å²) in [6.45, 7) is 0.864. The first-order valence-electron chi connectivity index (χ1n) is 9.17. The number of anilines is 1. The number of halogens is 2. The lowest BCUT2D eigenvalue weighted by Crippen LogP contribution is -2.46. The molecular weight excluding hydrogens is 382 g/mol. The Balaban J connectivity index is 2.22. The van der Waals surface area contributed by atoms with Crippen molar-refractivity contribution >= 4 is 17.5 Å². The molecule has 2 aromatic rings. The third-order valence-corrected chi connectivity index (χ3v) is 4.24. The summed E-state index contributed by atoms with van der Waals surface area (Å²) in [7, 11) is 1.29. The maximum absolute atomic E-state index is 13.0. The molecule has 0 heterocycles. The molecule has 2 rings (SSSR count). The van der Waals surface area contributed by atoms with Gasteiger partial charge in [-0.1, -0.05) is 25.1 Å². The molecule has 0 fully saturated rings. The summed E-state index contributed by atoms with van der Waals surface area (Å²) in [5.41, 5.74) is 0.833. The summed E-state index contributed by atoms with van der Waals surface area (Å²) in [5.74, 6) is -0.906. The largest absolute Gasteiger partial charge is 0.493 e. The van der Waals surface area contributed by atoms with Gasteiger partial charge in [-0.15, -0.1) is 0 Å². The summed E-state index contributed by atoms with van der Waals surface area (Å²) in [6.07, 6.45) is 0.637. The molecule has 0 bridgehead atoms. The summed E-state index contributed by atoms with van der Waals surface area (Å²) in [4.78, 5) is 27.1. The van der Waals surface area contributed by atoms with Crippen LogP contribution in [-0.4, -0.2) is 43.0 Å². The molecule has 0 radical (unpaired) electrons. The number of hydrogen-bond acceptors (Lipinski definition) is 4. The van der Waals surface area contributed by atoms with Gasteiger partial charge in [0.05, 0.1) is 7.11 Å². The molecule has 1 atom stereocenters. The summed E-state index contributed by atoms with van der Waals surface area (Å²) in [5, 5.41) is 2.78. The molecule has 8 heteroatoms. The molecule has 0 aliphatic rings. The molecule has 1 N–H and O–H groups in total. The van der Waals surface area contributed by atoms with E-state index in [0.717, 1.165) is 0 Å². The minimum absolute atomic E-state index is 0.00832. The molecule has 156 valence electrons. The van der Waals surface area contributed by atoms with Gasteiger partial charge in [0.1, 0.15) is 6.04 Å². The zero-order valence-corrected chi connectivity index (χ0v) is 16.5. The van der Waals surface area contributed by atoms with Crippen LogP contribution in [0.1, 0.15) is 30.6 Å². The maximum Gasteiger partial charge on any atom is 0.387 e. The van der Waals surface area contributed by atoms with E-state index in [2.05, 4.69) is 10.1 Å². The van der Waals surface area contributed by atoms with E-state index in [1.165, 1.54) is 30.2 Å². The third-order valence-electron chi connectivity index (χ3n) is 4.24. The topological polar surface area (TPSA) is 67.9 Å². The number of carbonyl (C=O) groups excluding carboxylic acids is 2. The van der Waals surface area contributed by atoms with Gasteiger partial charge in [0.2, 0.25) is 5.91 Å². The lowest BCUT2D eigenvalue weighted by Gasteiger charge is -2.28. The fraction of sp³-hybridized carbons (Fsp3) is 0.333. The molecular formula is C21H24F2N2O4. The minimum Gasteiger partial charge on any atom is -0.493 e. The number of alkyl halides is 2. The van der Waals surface area contributed by atoms with Crippen LogP contribution in [0, 0.1) is 0 Å². The van der Waals surface area contributed by atoms with E-state index < -0.39 is 18.6 Å². The summed E-state index contributed by atoms with van der Waals surface area (Å²) in [6, 6.07) is 12.1. The number of nitrogens with zero attached hydrogens (tertiary/aromatic N) is 1. The van der Waals surface area contributed by atoms with Crippen molar-refractivity contribution in [3.05, 3.63) is 54.1 Å². The van der Waals surface area contributed by atoms with Crippen molar-refractivity contribution in [3.63, 3.8) is 0 Å². The van der Waals surface area contributed by atoms with Crippen LogP contribution in [0.5, 0.6) is 11.5 Å². The molecule has 0 aliphatic heterocycles. The monoisotopic (exact) mass is 406 g/mol. The molecule has 0 saturated carbocycles. The van der Waals surface area contributed by atoms with Crippen molar-refractivity contribution in [1.82, 2.24) is 4.90 Å². The van der Waals surface area contributed by atoms with Crippen molar-refractivity contribution in [2.45, 2.75) is 32.9 Å². The highest BCUT2D eigenvalue weighted by Gasteiger charge is 2.27. The Bertz CT molecular complexity index is 831. The highest BCUT2D eigenvalue weighted by molar-refractivity contribution is 6.01. The van der Waals surface area contributed by atoms with E-state index in [0.29, 0.717) is 18.7 Å². The van der Waals surface area contributed by atoms with Gasteiger partial charge in [-0.05, 0) is 43.7 Å². The lowest BCUT2D eigenvalue weighted by atomic mass is 10.1. The number of hydrogen-bond donors (Lipinski definition) is 1. The van der Waals surface area contributed by atoms with Crippen molar-refractivity contribution in [2.24, 2.45) is 0 Å². The van der Waals surface area contributed by atoms with E-state index in [1.807, 2.05) is 13.0 Å². The van der Waals surface area contributed by atoms with Gasteiger partial charge in [-0.3, -0.25) is 9.59 Å². The van der Waals surface area contributed by atoms with Crippen LogP contribution in [0.3, 0.4) is 0 Å². The van der Waals surface area contributed by atoms with E-state index in [-0.39, 0.29) is 23.0 Å². The van der Waals surface area contributed by atoms with Crippen LogP contribution in [0.15, 0.2) is 48.5 Å². The van der Waals surface area contributed by atoms with E-state index >= 15 is 0 Å². The molecule has 1 unspecified atom stereocenters. The number of ether oxygens (including phenoxy) is 2. The number of benzene rings is 2. The first-order chi connectivity index (χ1) is 13.9. The molecule has 0 spiro atoms. The van der Waals surface area contributed by atoms with Crippen LogP contribution in [-0.2, 0) is 4.79 Å². The zero-order valence-electron chi connectivity index (χ0n) is 16.5. The second-order valence-electron chi connectivity index (χ2n) is 6.27. The summed E-state index contributed by atoms with van der Waals surface area (Å²) >= 11 is 0. The number of para-hydroxylation sites is 1. The quantitative estimate of drug-likeness (QED) is 0.679. The average molecular weight is 406 g/mol. The van der Waals surface area contributed by atoms with Gasteiger partial charge in [-0.2, -0.15) is 8.78 Å². The van der Waals surface area contributed by atoms with Gasteiger partial charge < -0.3 is 19.7 Å². The van der Waals surface area contributed by atoms with Crippen molar-refractivity contribution < 1.29 is 27.8 Å². The SMILES string of the molecule is CCCN(C(=O)c1ccc(OC(F)F)c(OC)c1)C(C)C(=O)Nc1ccccc1. The van der Waals surface area contributed by atoms with Crippen molar-refractivity contribution in [2.75, 3.05) is 19.0 Å². The van der Waals surface area contributed by atoms with E-state index in [9.17, 15) is 18.4 Å². The Morgan fingerprint density at radius 2 is 1.79 bits per heavy atom. The molecule has 2 aromatic carbocycles. The zero-order chi connectivity index (χ0) is 21.4. The Morgan fingerprint density at radius 3 is 2.38 bits per heavy atom. The number of methoxy groups -OCH3 is 1. The van der Waals surface area contributed by atoms with Crippen LogP contribution in [0.4, 0.5) is 14.5 Å². The van der Waals surface area contributed by atoms with Crippen molar-refractivity contribution in [1.29, 1.82) is 0 Å². The fourth-order valence-electron chi connectivity index (χ4n) is 2.78. The van der Waals surface area contributed by atoms with E-state index in [4.69, 9.17) is 4.74 Å². The maximum atomic E-state index is 13.0. The number of rotatable bonds is 9.